The van der Waals surface area contributed by atoms with E-state index in [0.29, 0.717) is 12.8 Å². The SMILES string of the molecule is O=C(O)CONC(=O)C1CC(NC(=O)OCC2c3ccccc3-c3ccccc32)C1. The van der Waals surface area contributed by atoms with Gasteiger partial charge in [-0.25, -0.2) is 15.1 Å². The maximum Gasteiger partial charge on any atom is 0.407 e. The van der Waals surface area contributed by atoms with Gasteiger partial charge in [-0.15, -0.1) is 0 Å². The van der Waals surface area contributed by atoms with Crippen LogP contribution in [0.5, 0.6) is 0 Å². The second-order valence-electron chi connectivity index (χ2n) is 7.48. The summed E-state index contributed by atoms with van der Waals surface area (Å²) in [5.41, 5.74) is 6.73. The minimum Gasteiger partial charge on any atom is -0.479 e. The maximum atomic E-state index is 12.2. The molecule has 8 heteroatoms. The van der Waals surface area contributed by atoms with E-state index in [1.807, 2.05) is 24.3 Å². The van der Waals surface area contributed by atoms with Gasteiger partial charge in [0.1, 0.15) is 6.61 Å². The van der Waals surface area contributed by atoms with E-state index in [1.165, 1.54) is 11.1 Å². The lowest BCUT2D eigenvalue weighted by atomic mass is 9.80. The standard InChI is InChI=1S/C22H22N2O6/c25-20(26)12-30-24-21(27)13-9-14(10-13)23-22(28)29-11-19-17-7-3-1-5-15(17)16-6-2-4-8-18(16)19/h1-8,13-14,19H,9-12H2,(H,23,28)(H,24,27)(H,25,26). The lowest BCUT2D eigenvalue weighted by Crippen LogP contribution is -2.49. The molecular weight excluding hydrogens is 388 g/mol. The number of hydroxylamine groups is 1. The lowest BCUT2D eigenvalue weighted by molar-refractivity contribution is -0.152. The van der Waals surface area contributed by atoms with Gasteiger partial charge in [0.25, 0.3) is 0 Å². The van der Waals surface area contributed by atoms with E-state index in [9.17, 15) is 14.4 Å². The molecule has 2 aromatic carbocycles. The van der Waals surface area contributed by atoms with Crippen LogP contribution >= 0.6 is 0 Å². The molecule has 2 aliphatic carbocycles. The molecule has 2 amide bonds. The molecule has 3 N–H and O–H groups in total. The third kappa shape index (κ3) is 4.13. The van der Waals surface area contributed by atoms with Crippen LogP contribution in [-0.2, 0) is 19.2 Å². The van der Waals surface area contributed by atoms with E-state index in [1.54, 1.807) is 0 Å². The summed E-state index contributed by atoms with van der Waals surface area (Å²) in [5.74, 6) is -1.88. The zero-order chi connectivity index (χ0) is 21.1. The van der Waals surface area contributed by atoms with Crippen LogP contribution in [0.2, 0.25) is 0 Å². The Morgan fingerprint density at radius 2 is 1.57 bits per heavy atom. The first-order valence-electron chi connectivity index (χ1n) is 9.78. The van der Waals surface area contributed by atoms with Gasteiger partial charge in [-0.1, -0.05) is 48.5 Å². The van der Waals surface area contributed by atoms with Gasteiger partial charge < -0.3 is 15.2 Å². The number of fused-ring (bicyclic) bond motifs is 3. The van der Waals surface area contributed by atoms with E-state index in [-0.39, 0.29) is 30.4 Å². The Balaban J connectivity index is 1.25. The van der Waals surface area contributed by atoms with Crippen molar-refractivity contribution in [1.82, 2.24) is 10.8 Å². The summed E-state index contributed by atoms with van der Waals surface area (Å²) in [6, 6.07) is 16.1. The largest absolute Gasteiger partial charge is 0.479 e. The van der Waals surface area contributed by atoms with Crippen molar-refractivity contribution in [1.29, 1.82) is 0 Å². The normalized spacial score (nSPS) is 19.2. The van der Waals surface area contributed by atoms with Crippen molar-refractivity contribution in [2.75, 3.05) is 13.2 Å². The van der Waals surface area contributed by atoms with Gasteiger partial charge in [0, 0.05) is 17.9 Å². The van der Waals surface area contributed by atoms with Crippen molar-refractivity contribution in [2.45, 2.75) is 24.8 Å². The molecule has 0 aromatic heterocycles. The number of rotatable bonds is 7. The van der Waals surface area contributed by atoms with Crippen LogP contribution in [0.4, 0.5) is 4.79 Å². The van der Waals surface area contributed by atoms with Gasteiger partial charge in [-0.05, 0) is 35.1 Å². The minimum absolute atomic E-state index is 0.00514. The molecule has 0 saturated heterocycles. The molecule has 0 spiro atoms. The van der Waals surface area contributed by atoms with Crippen LogP contribution in [0.25, 0.3) is 11.1 Å². The van der Waals surface area contributed by atoms with Crippen LogP contribution in [-0.4, -0.2) is 42.3 Å². The van der Waals surface area contributed by atoms with Gasteiger partial charge in [0.15, 0.2) is 6.61 Å². The summed E-state index contributed by atoms with van der Waals surface area (Å²) in [6.45, 7) is -0.362. The number of carboxylic acid groups (broad SMARTS) is 1. The van der Waals surface area contributed by atoms with E-state index in [2.05, 4.69) is 39.9 Å². The predicted molar refractivity (Wildman–Crippen MR) is 106 cm³/mol. The van der Waals surface area contributed by atoms with Crippen molar-refractivity contribution in [3.63, 3.8) is 0 Å². The minimum atomic E-state index is -1.17. The number of hydrogen-bond acceptors (Lipinski definition) is 5. The lowest BCUT2D eigenvalue weighted by Gasteiger charge is -2.34. The summed E-state index contributed by atoms with van der Waals surface area (Å²) < 4.78 is 5.49. The first kappa shape index (κ1) is 19.9. The van der Waals surface area contributed by atoms with Crippen LogP contribution in [0, 0.1) is 5.92 Å². The van der Waals surface area contributed by atoms with E-state index < -0.39 is 18.7 Å². The average molecular weight is 410 g/mol. The number of alkyl carbamates (subject to hydrolysis) is 1. The number of benzene rings is 2. The van der Waals surface area contributed by atoms with E-state index in [4.69, 9.17) is 9.84 Å². The van der Waals surface area contributed by atoms with Gasteiger partial charge in [-0.3, -0.25) is 9.63 Å². The van der Waals surface area contributed by atoms with Crippen molar-refractivity contribution in [2.24, 2.45) is 5.92 Å². The predicted octanol–water partition coefficient (Wildman–Crippen LogP) is 2.44. The molecule has 0 unspecified atom stereocenters. The van der Waals surface area contributed by atoms with Crippen LogP contribution < -0.4 is 10.8 Å². The molecule has 0 heterocycles. The number of amides is 2. The molecule has 2 aliphatic rings. The zero-order valence-corrected chi connectivity index (χ0v) is 16.2. The van der Waals surface area contributed by atoms with Crippen molar-refractivity contribution in [3.05, 3.63) is 59.7 Å². The number of carbonyl (C=O) groups is 3. The number of aliphatic carboxylic acids is 1. The topological polar surface area (TPSA) is 114 Å². The highest BCUT2D eigenvalue weighted by Crippen LogP contribution is 2.44. The van der Waals surface area contributed by atoms with E-state index in [0.717, 1.165) is 11.1 Å². The molecule has 0 aliphatic heterocycles. The van der Waals surface area contributed by atoms with Gasteiger partial charge in [0.2, 0.25) is 5.91 Å². The Kier molecular flexibility index (Phi) is 5.67. The summed E-state index contributed by atoms with van der Waals surface area (Å²) >= 11 is 0. The Morgan fingerprint density at radius 3 is 2.17 bits per heavy atom. The number of hydrogen-bond donors (Lipinski definition) is 3. The molecular formula is C22H22N2O6. The summed E-state index contributed by atoms with van der Waals surface area (Å²) in [7, 11) is 0. The average Bonchev–Trinajstić information content (AvgIpc) is 3.02. The highest BCUT2D eigenvalue weighted by Gasteiger charge is 2.36. The monoisotopic (exact) mass is 410 g/mol. The van der Waals surface area contributed by atoms with Gasteiger partial charge >= 0.3 is 12.1 Å². The quantitative estimate of drug-likeness (QED) is 0.604. The Morgan fingerprint density at radius 1 is 0.967 bits per heavy atom. The summed E-state index contributed by atoms with van der Waals surface area (Å²) in [5, 5.41) is 11.2. The molecule has 0 radical (unpaired) electrons. The van der Waals surface area contributed by atoms with Crippen molar-refractivity contribution in [3.8, 4) is 11.1 Å². The van der Waals surface area contributed by atoms with Gasteiger partial charge in [0.05, 0.1) is 0 Å². The fourth-order valence-corrected chi connectivity index (χ4v) is 4.01. The highest BCUT2D eigenvalue weighted by atomic mass is 16.7. The van der Waals surface area contributed by atoms with Gasteiger partial charge in [-0.2, -0.15) is 0 Å². The van der Waals surface area contributed by atoms with Crippen LogP contribution in [0.1, 0.15) is 29.9 Å². The number of carbonyl (C=O) groups excluding carboxylic acids is 2. The maximum absolute atomic E-state index is 12.2. The van der Waals surface area contributed by atoms with Crippen molar-refractivity contribution < 1.29 is 29.1 Å². The van der Waals surface area contributed by atoms with E-state index >= 15 is 0 Å². The number of carboxylic acids is 1. The fourth-order valence-electron chi connectivity index (χ4n) is 4.01. The smallest absolute Gasteiger partial charge is 0.407 e. The molecule has 0 atom stereocenters. The second kappa shape index (κ2) is 8.54. The van der Waals surface area contributed by atoms with Crippen molar-refractivity contribution >= 4 is 18.0 Å². The Labute approximate surface area is 173 Å². The fraction of sp³-hybridized carbons (Fsp3) is 0.318. The number of nitrogens with one attached hydrogen (secondary N) is 2. The van der Waals surface area contributed by atoms with Crippen LogP contribution in [0.15, 0.2) is 48.5 Å². The first-order valence-corrected chi connectivity index (χ1v) is 9.78. The molecule has 30 heavy (non-hydrogen) atoms. The third-order valence-electron chi connectivity index (χ3n) is 5.54. The molecule has 8 nitrogen and oxygen atoms in total. The highest BCUT2D eigenvalue weighted by molar-refractivity contribution is 5.80. The third-order valence-corrected chi connectivity index (χ3v) is 5.54. The Bertz CT molecular complexity index is 924. The van der Waals surface area contributed by atoms with Crippen LogP contribution in [0.3, 0.4) is 0 Å². The molecule has 2 aromatic rings. The molecule has 0 bridgehead atoms. The summed E-state index contributed by atoms with van der Waals surface area (Å²) in [6.07, 6.45) is 0.390. The number of ether oxygens (including phenoxy) is 1. The summed E-state index contributed by atoms with van der Waals surface area (Å²) in [4.78, 5) is 39.0. The molecule has 156 valence electrons. The molecule has 4 rings (SSSR count). The Hall–Kier alpha value is -3.39. The first-order chi connectivity index (χ1) is 14.5. The molecule has 1 saturated carbocycles. The zero-order valence-electron chi connectivity index (χ0n) is 16.2. The second-order valence-corrected chi connectivity index (χ2v) is 7.48. The molecule has 1 fully saturated rings.